The number of isocyanates is 1. The zero-order valence-corrected chi connectivity index (χ0v) is 6.65. The number of hydrogen-bond donors (Lipinski definition) is 0. The van der Waals surface area contributed by atoms with Crippen LogP contribution in [0, 0.1) is 0 Å². The van der Waals surface area contributed by atoms with Crippen LogP contribution >= 0.6 is 0 Å². The number of hydrogen-bond acceptors (Lipinski definition) is 4. The Kier molecular flexibility index (Phi) is 2.99. The van der Waals surface area contributed by atoms with Gasteiger partial charge in [-0.05, 0) is 11.6 Å². The molecule has 62 valence electrons. The molecule has 0 aromatic carbocycles. The van der Waals surface area contributed by atoms with Gasteiger partial charge < -0.3 is 4.74 Å². The summed E-state index contributed by atoms with van der Waals surface area (Å²) in [7, 11) is 1.56. The van der Waals surface area contributed by atoms with Crippen molar-refractivity contribution in [3.8, 4) is 5.75 Å². The lowest BCUT2D eigenvalue weighted by Gasteiger charge is -1.99. The van der Waals surface area contributed by atoms with Crippen molar-refractivity contribution in [1.29, 1.82) is 0 Å². The molecule has 0 aliphatic heterocycles. The van der Waals surface area contributed by atoms with Gasteiger partial charge in [0.1, 0.15) is 5.75 Å². The van der Waals surface area contributed by atoms with Gasteiger partial charge in [-0.3, -0.25) is 4.98 Å². The summed E-state index contributed by atoms with van der Waals surface area (Å²) in [6.07, 6.45) is 4.68. The molecule has 1 heterocycles. The van der Waals surface area contributed by atoms with E-state index in [-0.39, 0.29) is 0 Å². The lowest BCUT2D eigenvalue weighted by molar-refractivity contribution is 0.412. The van der Waals surface area contributed by atoms with E-state index < -0.39 is 0 Å². The molecule has 0 N–H and O–H groups in total. The molecule has 1 aromatic heterocycles. The van der Waals surface area contributed by atoms with Crippen LogP contribution in [-0.4, -0.2) is 18.2 Å². The van der Waals surface area contributed by atoms with Crippen molar-refractivity contribution < 1.29 is 9.53 Å². The van der Waals surface area contributed by atoms with Gasteiger partial charge in [-0.25, -0.2) is 9.79 Å². The van der Waals surface area contributed by atoms with Gasteiger partial charge in [0, 0.05) is 6.20 Å². The van der Waals surface area contributed by atoms with Crippen LogP contribution in [-0.2, 0) is 11.3 Å². The van der Waals surface area contributed by atoms with Crippen molar-refractivity contribution >= 4 is 6.08 Å². The molecule has 0 radical (unpaired) electrons. The maximum Gasteiger partial charge on any atom is 0.235 e. The summed E-state index contributed by atoms with van der Waals surface area (Å²) in [5.74, 6) is 0.661. The average molecular weight is 164 g/mol. The third kappa shape index (κ3) is 2.18. The topological polar surface area (TPSA) is 51.6 Å². The van der Waals surface area contributed by atoms with Crippen LogP contribution in [0.5, 0.6) is 5.75 Å². The second-order valence-corrected chi connectivity index (χ2v) is 2.14. The minimum Gasteiger partial charge on any atom is -0.495 e. The Bertz CT molecular complexity index is 306. The van der Waals surface area contributed by atoms with Gasteiger partial charge >= 0.3 is 0 Å². The standard InChI is InChI=1S/C8H8N2O2/c1-12-8-2-7(3-9-5-8)4-10-6-11/h2-3,5H,4H2,1H3. The molecule has 4 nitrogen and oxygen atoms in total. The molecule has 0 fully saturated rings. The summed E-state index contributed by atoms with van der Waals surface area (Å²) in [5.41, 5.74) is 0.831. The monoisotopic (exact) mass is 164 g/mol. The summed E-state index contributed by atoms with van der Waals surface area (Å²) < 4.78 is 4.93. The van der Waals surface area contributed by atoms with Gasteiger partial charge in [0.2, 0.25) is 6.08 Å². The first-order valence-corrected chi connectivity index (χ1v) is 3.38. The summed E-state index contributed by atoms with van der Waals surface area (Å²) in [6.45, 7) is 0.299. The lowest BCUT2D eigenvalue weighted by Crippen LogP contribution is -1.87. The first-order valence-electron chi connectivity index (χ1n) is 3.38. The Hall–Kier alpha value is -1.67. The predicted molar refractivity (Wildman–Crippen MR) is 42.6 cm³/mol. The molecule has 0 amide bonds. The number of pyridine rings is 1. The molecule has 0 spiro atoms. The zero-order chi connectivity index (χ0) is 8.81. The summed E-state index contributed by atoms with van der Waals surface area (Å²) >= 11 is 0. The molecule has 0 bridgehead atoms. The minimum atomic E-state index is 0.299. The van der Waals surface area contributed by atoms with Crippen molar-refractivity contribution in [3.63, 3.8) is 0 Å². The maximum atomic E-state index is 9.79. The fourth-order valence-corrected chi connectivity index (χ4v) is 0.785. The van der Waals surface area contributed by atoms with Crippen molar-refractivity contribution in [2.24, 2.45) is 4.99 Å². The highest BCUT2D eigenvalue weighted by molar-refractivity contribution is 5.34. The van der Waals surface area contributed by atoms with E-state index in [9.17, 15) is 4.79 Å². The Morgan fingerprint density at radius 1 is 1.67 bits per heavy atom. The van der Waals surface area contributed by atoms with Crippen LogP contribution in [0.15, 0.2) is 23.5 Å². The van der Waals surface area contributed by atoms with Gasteiger partial charge in [0.25, 0.3) is 0 Å². The molecule has 1 rings (SSSR count). The number of ether oxygens (including phenoxy) is 1. The van der Waals surface area contributed by atoms with E-state index in [1.54, 1.807) is 25.6 Å². The number of aromatic nitrogens is 1. The highest BCUT2D eigenvalue weighted by Crippen LogP contribution is 2.10. The largest absolute Gasteiger partial charge is 0.495 e. The molecule has 0 aliphatic carbocycles. The Morgan fingerprint density at radius 3 is 3.17 bits per heavy atom. The normalized spacial score (nSPS) is 8.75. The van der Waals surface area contributed by atoms with Gasteiger partial charge in [0.05, 0.1) is 19.9 Å². The third-order valence-corrected chi connectivity index (χ3v) is 1.33. The lowest BCUT2D eigenvalue weighted by atomic mass is 10.3. The van der Waals surface area contributed by atoms with Crippen LogP contribution in [0.2, 0.25) is 0 Å². The van der Waals surface area contributed by atoms with E-state index >= 15 is 0 Å². The fourth-order valence-electron chi connectivity index (χ4n) is 0.785. The quantitative estimate of drug-likeness (QED) is 0.493. The van der Waals surface area contributed by atoms with Gasteiger partial charge in [-0.2, -0.15) is 0 Å². The predicted octanol–water partition coefficient (Wildman–Crippen LogP) is 0.926. The summed E-state index contributed by atoms with van der Waals surface area (Å²) in [5, 5.41) is 0. The number of methoxy groups -OCH3 is 1. The minimum absolute atomic E-state index is 0.299. The van der Waals surface area contributed by atoms with Crippen molar-refractivity contribution in [2.45, 2.75) is 6.54 Å². The molecular formula is C8H8N2O2. The maximum absolute atomic E-state index is 9.79. The van der Waals surface area contributed by atoms with Crippen LogP contribution in [0.25, 0.3) is 0 Å². The van der Waals surface area contributed by atoms with Gasteiger partial charge in [-0.1, -0.05) is 0 Å². The fraction of sp³-hybridized carbons (Fsp3) is 0.250. The second-order valence-electron chi connectivity index (χ2n) is 2.14. The van der Waals surface area contributed by atoms with E-state index in [2.05, 4.69) is 9.98 Å². The SMILES string of the molecule is COc1cncc(CN=C=O)c1. The van der Waals surface area contributed by atoms with Crippen LogP contribution < -0.4 is 4.74 Å². The van der Waals surface area contributed by atoms with Crippen molar-refractivity contribution in [2.75, 3.05) is 7.11 Å². The molecular weight excluding hydrogens is 156 g/mol. The van der Waals surface area contributed by atoms with E-state index in [0.29, 0.717) is 12.3 Å². The second kappa shape index (κ2) is 4.26. The summed E-state index contributed by atoms with van der Waals surface area (Å²) in [4.78, 5) is 17.1. The van der Waals surface area contributed by atoms with Gasteiger partial charge in [-0.15, -0.1) is 0 Å². The van der Waals surface area contributed by atoms with Gasteiger partial charge in [0.15, 0.2) is 0 Å². The Morgan fingerprint density at radius 2 is 2.50 bits per heavy atom. The molecule has 0 saturated carbocycles. The van der Waals surface area contributed by atoms with E-state index in [1.807, 2.05) is 0 Å². The molecule has 0 saturated heterocycles. The number of rotatable bonds is 3. The van der Waals surface area contributed by atoms with E-state index in [0.717, 1.165) is 5.56 Å². The number of aliphatic imine (C=N–C) groups is 1. The highest BCUT2D eigenvalue weighted by Gasteiger charge is 1.94. The van der Waals surface area contributed by atoms with Crippen LogP contribution in [0.1, 0.15) is 5.56 Å². The average Bonchev–Trinajstić information content (AvgIpc) is 2.15. The molecule has 0 unspecified atom stereocenters. The highest BCUT2D eigenvalue weighted by atomic mass is 16.5. The Labute approximate surface area is 69.9 Å². The van der Waals surface area contributed by atoms with Crippen LogP contribution in [0.4, 0.5) is 0 Å². The smallest absolute Gasteiger partial charge is 0.235 e. The summed E-state index contributed by atoms with van der Waals surface area (Å²) in [6, 6.07) is 1.77. The van der Waals surface area contributed by atoms with E-state index in [1.165, 1.54) is 6.08 Å². The number of carbonyl (C=O) groups excluding carboxylic acids is 1. The third-order valence-electron chi connectivity index (χ3n) is 1.33. The molecule has 0 atom stereocenters. The molecule has 12 heavy (non-hydrogen) atoms. The van der Waals surface area contributed by atoms with Crippen LogP contribution in [0.3, 0.4) is 0 Å². The first-order chi connectivity index (χ1) is 5.86. The Balaban J connectivity index is 2.78. The molecule has 0 aliphatic rings. The molecule has 4 heteroatoms. The van der Waals surface area contributed by atoms with Crippen molar-refractivity contribution in [1.82, 2.24) is 4.98 Å². The first kappa shape index (κ1) is 8.43. The molecule has 1 aromatic rings. The van der Waals surface area contributed by atoms with E-state index in [4.69, 9.17) is 4.74 Å². The number of nitrogens with zero attached hydrogens (tertiary/aromatic N) is 2. The zero-order valence-electron chi connectivity index (χ0n) is 6.65. The van der Waals surface area contributed by atoms with Crippen molar-refractivity contribution in [3.05, 3.63) is 24.0 Å².